The monoisotopic (exact) mass is 303 g/mol. The molecule has 0 radical (unpaired) electrons. The van der Waals surface area contributed by atoms with Crippen LogP contribution in [-0.4, -0.2) is 48.0 Å². The first kappa shape index (κ1) is 15.8. The molecule has 0 spiro atoms. The molecular formula is C15H18FN5O. The molecule has 1 heterocycles. The van der Waals surface area contributed by atoms with Gasteiger partial charge in [0.15, 0.2) is 0 Å². The molecule has 22 heavy (non-hydrogen) atoms. The van der Waals surface area contributed by atoms with Crippen molar-refractivity contribution in [3.05, 3.63) is 48.0 Å². The van der Waals surface area contributed by atoms with Crippen molar-refractivity contribution in [1.82, 2.24) is 20.2 Å². The molecule has 0 bridgehead atoms. The van der Waals surface area contributed by atoms with Gasteiger partial charge in [-0.25, -0.2) is 14.4 Å². The summed E-state index contributed by atoms with van der Waals surface area (Å²) in [6, 6.07) is 5.98. The number of likely N-dealkylation sites (N-methyl/N-ethyl adjacent to an activating group) is 1. The molecule has 0 aliphatic carbocycles. The van der Waals surface area contributed by atoms with Crippen LogP contribution in [0.2, 0.25) is 0 Å². The average Bonchev–Trinajstić information content (AvgIpc) is 2.47. The van der Waals surface area contributed by atoms with Gasteiger partial charge in [0, 0.05) is 31.2 Å². The summed E-state index contributed by atoms with van der Waals surface area (Å²) in [5.74, 6) is -0.267. The number of carbonyl (C=O) groups is 1. The van der Waals surface area contributed by atoms with Crippen LogP contribution in [0.5, 0.6) is 0 Å². The van der Waals surface area contributed by atoms with Crippen molar-refractivity contribution in [1.29, 1.82) is 0 Å². The van der Waals surface area contributed by atoms with Crippen LogP contribution in [-0.2, 0) is 0 Å². The van der Waals surface area contributed by atoms with E-state index >= 15 is 0 Å². The molecule has 6 nitrogen and oxygen atoms in total. The van der Waals surface area contributed by atoms with Crippen molar-refractivity contribution >= 4 is 17.5 Å². The zero-order valence-electron chi connectivity index (χ0n) is 12.5. The molecule has 0 fully saturated rings. The minimum atomic E-state index is -0.345. The number of benzene rings is 1. The maximum atomic E-state index is 13.1. The SMILES string of the molecule is CN(C)CCNC(=O)c1cnc(Nc2cccc(F)c2)nc1. The molecule has 0 saturated carbocycles. The summed E-state index contributed by atoms with van der Waals surface area (Å²) >= 11 is 0. The third-order valence-corrected chi connectivity index (χ3v) is 2.84. The molecule has 7 heteroatoms. The van der Waals surface area contributed by atoms with Crippen LogP contribution in [0.3, 0.4) is 0 Å². The Kier molecular flexibility index (Phi) is 5.37. The van der Waals surface area contributed by atoms with Gasteiger partial charge in [-0.15, -0.1) is 0 Å². The first-order valence-electron chi connectivity index (χ1n) is 6.82. The van der Waals surface area contributed by atoms with Gasteiger partial charge >= 0.3 is 0 Å². The minimum Gasteiger partial charge on any atom is -0.351 e. The van der Waals surface area contributed by atoms with Crippen molar-refractivity contribution in [2.45, 2.75) is 0 Å². The van der Waals surface area contributed by atoms with Crippen molar-refractivity contribution < 1.29 is 9.18 Å². The highest BCUT2D eigenvalue weighted by Gasteiger charge is 2.07. The molecule has 1 amide bonds. The van der Waals surface area contributed by atoms with Gasteiger partial charge in [0.05, 0.1) is 5.56 Å². The Labute approximate surface area is 128 Å². The van der Waals surface area contributed by atoms with E-state index in [-0.39, 0.29) is 11.7 Å². The molecule has 0 aliphatic rings. The van der Waals surface area contributed by atoms with E-state index in [0.29, 0.717) is 23.7 Å². The topological polar surface area (TPSA) is 70.2 Å². The van der Waals surface area contributed by atoms with Gasteiger partial charge in [0.25, 0.3) is 5.91 Å². The second kappa shape index (κ2) is 7.46. The van der Waals surface area contributed by atoms with Gasteiger partial charge in [-0.2, -0.15) is 0 Å². The third-order valence-electron chi connectivity index (χ3n) is 2.84. The van der Waals surface area contributed by atoms with Crippen molar-refractivity contribution in [3.8, 4) is 0 Å². The number of rotatable bonds is 6. The Balaban J connectivity index is 1.93. The molecule has 0 aliphatic heterocycles. The lowest BCUT2D eigenvalue weighted by atomic mass is 10.3. The van der Waals surface area contributed by atoms with E-state index in [9.17, 15) is 9.18 Å². The predicted molar refractivity (Wildman–Crippen MR) is 82.6 cm³/mol. The zero-order chi connectivity index (χ0) is 15.9. The Morgan fingerprint density at radius 1 is 1.27 bits per heavy atom. The van der Waals surface area contributed by atoms with Crippen molar-refractivity contribution in [3.63, 3.8) is 0 Å². The predicted octanol–water partition coefficient (Wildman–Crippen LogP) is 1.65. The molecule has 0 unspecified atom stereocenters. The molecule has 0 saturated heterocycles. The fraction of sp³-hybridized carbons (Fsp3) is 0.267. The van der Waals surface area contributed by atoms with Gasteiger partial charge in [-0.1, -0.05) is 6.07 Å². The number of halogens is 1. The summed E-state index contributed by atoms with van der Waals surface area (Å²) in [7, 11) is 3.87. The zero-order valence-corrected chi connectivity index (χ0v) is 12.5. The third kappa shape index (κ3) is 4.78. The fourth-order valence-corrected chi connectivity index (χ4v) is 1.70. The molecule has 1 aromatic heterocycles. The largest absolute Gasteiger partial charge is 0.351 e. The van der Waals surface area contributed by atoms with Gasteiger partial charge in [0.2, 0.25) is 5.95 Å². The summed E-state index contributed by atoms with van der Waals surface area (Å²) in [6.45, 7) is 1.31. The number of hydrogen-bond donors (Lipinski definition) is 2. The standard InChI is InChI=1S/C15H18FN5O/c1-21(2)7-6-17-14(22)11-9-18-15(19-10-11)20-13-5-3-4-12(16)8-13/h3-5,8-10H,6-7H2,1-2H3,(H,17,22)(H,18,19,20). The molecule has 2 N–H and O–H groups in total. The number of nitrogens with one attached hydrogen (secondary N) is 2. The lowest BCUT2D eigenvalue weighted by Crippen LogP contribution is -2.31. The van der Waals surface area contributed by atoms with Crippen LogP contribution in [0.25, 0.3) is 0 Å². The average molecular weight is 303 g/mol. The molecule has 1 aromatic carbocycles. The molecule has 0 atom stereocenters. The highest BCUT2D eigenvalue weighted by Crippen LogP contribution is 2.13. The first-order valence-corrected chi connectivity index (χ1v) is 6.82. The van der Waals surface area contributed by atoms with Gasteiger partial charge in [-0.05, 0) is 32.3 Å². The fourth-order valence-electron chi connectivity index (χ4n) is 1.70. The van der Waals surface area contributed by atoms with E-state index in [1.54, 1.807) is 12.1 Å². The van der Waals surface area contributed by atoms with E-state index in [1.165, 1.54) is 24.5 Å². The maximum absolute atomic E-state index is 13.1. The van der Waals surface area contributed by atoms with Crippen molar-refractivity contribution in [2.24, 2.45) is 0 Å². The van der Waals surface area contributed by atoms with Crippen LogP contribution in [0.4, 0.5) is 16.0 Å². The number of anilines is 2. The van der Waals surface area contributed by atoms with E-state index in [0.717, 1.165) is 6.54 Å². The second-order valence-electron chi connectivity index (χ2n) is 4.99. The second-order valence-corrected chi connectivity index (χ2v) is 4.99. The Morgan fingerprint density at radius 3 is 2.64 bits per heavy atom. The van der Waals surface area contributed by atoms with Crippen molar-refractivity contribution in [2.75, 3.05) is 32.5 Å². The van der Waals surface area contributed by atoms with E-state index in [4.69, 9.17) is 0 Å². The summed E-state index contributed by atoms with van der Waals surface area (Å²) < 4.78 is 13.1. The van der Waals surface area contributed by atoms with E-state index in [2.05, 4.69) is 20.6 Å². The molecule has 116 valence electrons. The first-order chi connectivity index (χ1) is 10.5. The minimum absolute atomic E-state index is 0.223. The Bertz CT molecular complexity index is 630. The van der Waals surface area contributed by atoms with E-state index < -0.39 is 0 Å². The van der Waals surface area contributed by atoms with Crippen LogP contribution >= 0.6 is 0 Å². The Hall–Kier alpha value is -2.54. The summed E-state index contributed by atoms with van der Waals surface area (Å²) in [4.78, 5) is 21.9. The quantitative estimate of drug-likeness (QED) is 0.849. The normalized spacial score (nSPS) is 10.5. The number of amides is 1. The van der Waals surface area contributed by atoms with Gasteiger partial charge in [0.1, 0.15) is 5.82 Å². The van der Waals surface area contributed by atoms with Gasteiger partial charge < -0.3 is 15.5 Å². The van der Waals surface area contributed by atoms with Crippen LogP contribution in [0.15, 0.2) is 36.7 Å². The summed E-state index contributed by atoms with van der Waals surface area (Å²) in [5, 5.41) is 5.64. The smallest absolute Gasteiger partial charge is 0.254 e. The van der Waals surface area contributed by atoms with Crippen LogP contribution in [0, 0.1) is 5.82 Å². The summed E-state index contributed by atoms with van der Waals surface area (Å²) in [6.07, 6.45) is 2.86. The number of carbonyl (C=O) groups excluding carboxylic acids is 1. The number of nitrogens with zero attached hydrogens (tertiary/aromatic N) is 3. The van der Waals surface area contributed by atoms with Crippen LogP contribution in [0.1, 0.15) is 10.4 Å². The number of hydrogen-bond acceptors (Lipinski definition) is 5. The highest BCUT2D eigenvalue weighted by molar-refractivity contribution is 5.93. The lowest BCUT2D eigenvalue weighted by molar-refractivity contribution is 0.0950. The molecular weight excluding hydrogens is 285 g/mol. The van der Waals surface area contributed by atoms with E-state index in [1.807, 2.05) is 19.0 Å². The molecule has 2 rings (SSSR count). The molecule has 2 aromatic rings. The summed E-state index contributed by atoms with van der Waals surface area (Å²) in [5.41, 5.74) is 0.923. The van der Waals surface area contributed by atoms with Crippen LogP contribution < -0.4 is 10.6 Å². The highest BCUT2D eigenvalue weighted by atomic mass is 19.1. The maximum Gasteiger partial charge on any atom is 0.254 e. The number of aromatic nitrogens is 2. The lowest BCUT2D eigenvalue weighted by Gasteiger charge is -2.10. The Morgan fingerprint density at radius 2 is 2.00 bits per heavy atom. The van der Waals surface area contributed by atoms with Gasteiger partial charge in [-0.3, -0.25) is 4.79 Å².